The van der Waals surface area contributed by atoms with Gasteiger partial charge in [0.1, 0.15) is 0 Å². The summed E-state index contributed by atoms with van der Waals surface area (Å²) in [5.41, 5.74) is 2.58. The molecule has 2 N–H and O–H groups in total. The van der Waals surface area contributed by atoms with Gasteiger partial charge in [-0.25, -0.2) is 0 Å². The quantitative estimate of drug-likeness (QED) is 0.286. The van der Waals surface area contributed by atoms with Gasteiger partial charge in [0.2, 0.25) is 0 Å². The molecule has 144 valence electrons. The molecule has 0 aromatic heterocycles. The van der Waals surface area contributed by atoms with Crippen molar-refractivity contribution in [3.05, 3.63) is 42.0 Å². The highest BCUT2D eigenvalue weighted by Crippen LogP contribution is 2.26. The third-order valence-corrected chi connectivity index (χ3v) is 6.20. The van der Waals surface area contributed by atoms with Gasteiger partial charge in [-0.05, 0) is 43.2 Å². The second-order valence-corrected chi connectivity index (χ2v) is 7.97. The molecule has 2 aliphatic rings. The Bertz CT molecular complexity index is 594. The number of halogens is 1. The molecule has 2 atom stereocenters. The highest BCUT2D eigenvalue weighted by atomic mass is 127. The standard InChI is InChI=1S/C20H30N4S.HI/c1-21-20(23-17-6-5-7-19(14-17)25-2)22-15-16-8-10-18(11-9-16)24-12-3-4-13-24;/h3-4,8-11,17,19H,5-7,12-15H2,1-2H3,(H2,21,22,23);1H. The average molecular weight is 486 g/mol. The van der Waals surface area contributed by atoms with E-state index in [2.05, 4.69) is 63.2 Å². The first-order chi connectivity index (χ1) is 12.3. The number of guanidine groups is 1. The topological polar surface area (TPSA) is 39.7 Å². The Labute approximate surface area is 179 Å². The van der Waals surface area contributed by atoms with Crippen LogP contribution in [0.25, 0.3) is 0 Å². The van der Waals surface area contributed by atoms with E-state index in [0.717, 1.165) is 30.8 Å². The minimum Gasteiger partial charge on any atom is -0.364 e. The Morgan fingerprint density at radius 1 is 1.19 bits per heavy atom. The van der Waals surface area contributed by atoms with Crippen LogP contribution in [0.15, 0.2) is 41.4 Å². The van der Waals surface area contributed by atoms with E-state index >= 15 is 0 Å². The zero-order chi connectivity index (χ0) is 17.5. The van der Waals surface area contributed by atoms with Gasteiger partial charge in [-0.15, -0.1) is 24.0 Å². The van der Waals surface area contributed by atoms with E-state index in [0.29, 0.717) is 6.04 Å². The van der Waals surface area contributed by atoms with E-state index in [1.54, 1.807) is 0 Å². The fourth-order valence-corrected chi connectivity index (χ4v) is 4.40. The zero-order valence-electron chi connectivity index (χ0n) is 15.8. The van der Waals surface area contributed by atoms with E-state index in [4.69, 9.17) is 0 Å². The Morgan fingerprint density at radius 3 is 2.58 bits per heavy atom. The Kier molecular flexibility index (Phi) is 9.11. The smallest absolute Gasteiger partial charge is 0.191 e. The van der Waals surface area contributed by atoms with Gasteiger partial charge >= 0.3 is 0 Å². The minimum absolute atomic E-state index is 0. The second kappa shape index (κ2) is 11.1. The van der Waals surface area contributed by atoms with Crippen molar-refractivity contribution in [1.82, 2.24) is 10.6 Å². The maximum Gasteiger partial charge on any atom is 0.191 e. The first-order valence-corrected chi connectivity index (χ1v) is 10.6. The van der Waals surface area contributed by atoms with Gasteiger partial charge in [0.15, 0.2) is 5.96 Å². The monoisotopic (exact) mass is 486 g/mol. The Hall–Kier alpha value is -0.890. The molecule has 1 aromatic carbocycles. The van der Waals surface area contributed by atoms with Gasteiger partial charge in [-0.2, -0.15) is 11.8 Å². The summed E-state index contributed by atoms with van der Waals surface area (Å²) >= 11 is 2.00. The fraction of sp³-hybridized carbons (Fsp3) is 0.550. The molecular formula is C20H31IN4S. The lowest BCUT2D eigenvalue weighted by atomic mass is 9.95. The maximum atomic E-state index is 4.40. The molecule has 1 aliphatic heterocycles. The third-order valence-electron chi connectivity index (χ3n) is 5.10. The maximum absolute atomic E-state index is 4.40. The van der Waals surface area contributed by atoms with Gasteiger partial charge in [0.05, 0.1) is 0 Å². The number of aliphatic imine (C=N–C) groups is 1. The third kappa shape index (κ3) is 6.08. The van der Waals surface area contributed by atoms with Gasteiger partial charge in [0.25, 0.3) is 0 Å². The van der Waals surface area contributed by atoms with Gasteiger partial charge in [-0.3, -0.25) is 4.99 Å². The van der Waals surface area contributed by atoms with Crippen LogP contribution in [0, 0.1) is 0 Å². The van der Waals surface area contributed by atoms with Crippen LogP contribution in [-0.4, -0.2) is 43.6 Å². The molecule has 4 nitrogen and oxygen atoms in total. The summed E-state index contributed by atoms with van der Waals surface area (Å²) < 4.78 is 0. The summed E-state index contributed by atoms with van der Waals surface area (Å²) in [4.78, 5) is 6.76. The number of rotatable bonds is 5. The molecule has 0 bridgehead atoms. The zero-order valence-corrected chi connectivity index (χ0v) is 18.9. The molecule has 1 aromatic rings. The van der Waals surface area contributed by atoms with Crippen molar-refractivity contribution < 1.29 is 0 Å². The summed E-state index contributed by atoms with van der Waals surface area (Å²) in [6.45, 7) is 2.84. The summed E-state index contributed by atoms with van der Waals surface area (Å²) in [7, 11) is 1.85. The van der Waals surface area contributed by atoms with E-state index in [1.807, 2.05) is 18.8 Å². The highest BCUT2D eigenvalue weighted by Gasteiger charge is 2.21. The molecule has 6 heteroatoms. The van der Waals surface area contributed by atoms with Crippen LogP contribution in [0.1, 0.15) is 31.2 Å². The number of nitrogens with one attached hydrogen (secondary N) is 2. The predicted octanol–water partition coefficient (Wildman–Crippen LogP) is 4.02. The summed E-state index contributed by atoms with van der Waals surface area (Å²) in [5, 5.41) is 7.86. The van der Waals surface area contributed by atoms with Gasteiger partial charge in [-0.1, -0.05) is 30.7 Å². The molecule has 26 heavy (non-hydrogen) atoms. The number of anilines is 1. The molecule has 1 saturated carbocycles. The summed E-state index contributed by atoms with van der Waals surface area (Å²) in [6.07, 6.45) is 11.8. The van der Waals surface area contributed by atoms with Crippen molar-refractivity contribution in [1.29, 1.82) is 0 Å². The Morgan fingerprint density at radius 2 is 1.92 bits per heavy atom. The summed E-state index contributed by atoms with van der Waals surface area (Å²) in [6, 6.07) is 9.38. The SMILES string of the molecule is CN=C(NCc1ccc(N2CC=CC2)cc1)NC1CCCC(SC)C1.I. The first kappa shape index (κ1) is 21.4. The van der Waals surface area contributed by atoms with Crippen LogP contribution in [0.3, 0.4) is 0 Å². The number of hydrogen-bond donors (Lipinski definition) is 2. The van der Waals surface area contributed by atoms with Crippen LogP contribution in [0.4, 0.5) is 5.69 Å². The second-order valence-electron chi connectivity index (χ2n) is 6.83. The molecule has 1 fully saturated rings. The van der Waals surface area contributed by atoms with E-state index < -0.39 is 0 Å². The van der Waals surface area contributed by atoms with Crippen molar-refractivity contribution in [2.45, 2.75) is 43.5 Å². The van der Waals surface area contributed by atoms with Crippen molar-refractivity contribution in [3.63, 3.8) is 0 Å². The minimum atomic E-state index is 0. The highest BCUT2D eigenvalue weighted by molar-refractivity contribution is 14.0. The molecule has 1 aliphatic carbocycles. The molecule has 1 heterocycles. The normalized spacial score (nSPS) is 22.8. The lowest BCUT2D eigenvalue weighted by Crippen LogP contribution is -2.45. The number of nitrogens with zero attached hydrogens (tertiary/aromatic N) is 2. The van der Waals surface area contributed by atoms with E-state index in [1.165, 1.54) is 36.9 Å². The number of hydrogen-bond acceptors (Lipinski definition) is 3. The van der Waals surface area contributed by atoms with Gasteiger partial charge in [0, 0.05) is 43.7 Å². The largest absolute Gasteiger partial charge is 0.364 e. The van der Waals surface area contributed by atoms with Crippen LogP contribution in [0.5, 0.6) is 0 Å². The molecule has 3 rings (SSSR count). The van der Waals surface area contributed by atoms with Crippen molar-refractivity contribution in [2.75, 3.05) is 31.3 Å². The number of benzene rings is 1. The van der Waals surface area contributed by atoms with Crippen LogP contribution in [-0.2, 0) is 6.54 Å². The lowest BCUT2D eigenvalue weighted by molar-refractivity contribution is 0.419. The molecule has 0 spiro atoms. The molecule has 0 saturated heterocycles. The van der Waals surface area contributed by atoms with Crippen LogP contribution >= 0.6 is 35.7 Å². The van der Waals surface area contributed by atoms with Crippen molar-refractivity contribution >= 4 is 47.4 Å². The molecule has 0 radical (unpaired) electrons. The molecule has 2 unspecified atom stereocenters. The molecular weight excluding hydrogens is 455 g/mol. The molecule has 0 amide bonds. The first-order valence-electron chi connectivity index (χ1n) is 9.27. The lowest BCUT2D eigenvalue weighted by Gasteiger charge is -2.29. The van der Waals surface area contributed by atoms with Crippen molar-refractivity contribution in [2.24, 2.45) is 4.99 Å². The van der Waals surface area contributed by atoms with Gasteiger partial charge < -0.3 is 15.5 Å². The van der Waals surface area contributed by atoms with E-state index in [9.17, 15) is 0 Å². The fourth-order valence-electron chi connectivity index (χ4n) is 3.58. The van der Waals surface area contributed by atoms with Crippen LogP contribution in [0.2, 0.25) is 0 Å². The summed E-state index contributed by atoms with van der Waals surface area (Å²) in [5.74, 6) is 0.916. The average Bonchev–Trinajstić information content (AvgIpc) is 3.20. The Balaban J connectivity index is 0.00000243. The predicted molar refractivity (Wildman–Crippen MR) is 126 cm³/mol. The number of thioether (sulfide) groups is 1. The van der Waals surface area contributed by atoms with Crippen LogP contribution < -0.4 is 15.5 Å². The van der Waals surface area contributed by atoms with E-state index in [-0.39, 0.29) is 24.0 Å². The van der Waals surface area contributed by atoms with Crippen molar-refractivity contribution in [3.8, 4) is 0 Å².